The standard InChI is InChI=1S/C23H30N2O7S/c1-23(22(28)24-29,33(3,30)31)12-14-25-13-11-19(15-21(25)27)18-9-7-17(8-10-18)5-4-6-20(16-26)32-2/h4-5,7-11,13,15,20,26,29H,6,12,14,16H2,1-3H3,(H,24,28). The molecule has 2 rings (SSSR count). The first-order chi connectivity index (χ1) is 15.6. The lowest BCUT2D eigenvalue weighted by Gasteiger charge is -2.25. The molecule has 0 fully saturated rings. The summed E-state index contributed by atoms with van der Waals surface area (Å²) in [6.45, 7) is 1.14. The molecule has 2 aromatic rings. The lowest BCUT2D eigenvalue weighted by Crippen LogP contribution is -2.49. The fourth-order valence-electron chi connectivity index (χ4n) is 3.18. The minimum atomic E-state index is -3.84. The maximum absolute atomic E-state index is 12.6. The van der Waals surface area contributed by atoms with Crippen molar-refractivity contribution in [2.45, 2.75) is 37.2 Å². The van der Waals surface area contributed by atoms with Crippen molar-refractivity contribution in [2.24, 2.45) is 0 Å². The van der Waals surface area contributed by atoms with Crippen molar-refractivity contribution in [3.05, 3.63) is 64.6 Å². The van der Waals surface area contributed by atoms with Crippen molar-refractivity contribution in [3.63, 3.8) is 0 Å². The number of ether oxygens (including phenoxy) is 1. The van der Waals surface area contributed by atoms with E-state index in [9.17, 15) is 18.0 Å². The molecule has 0 bridgehead atoms. The van der Waals surface area contributed by atoms with Gasteiger partial charge >= 0.3 is 0 Å². The number of hydroxylamine groups is 1. The maximum atomic E-state index is 12.6. The Morgan fingerprint density at radius 1 is 1.24 bits per heavy atom. The maximum Gasteiger partial charge on any atom is 0.264 e. The average molecular weight is 479 g/mol. The van der Waals surface area contributed by atoms with Gasteiger partial charge in [0.2, 0.25) is 0 Å². The molecule has 10 heteroatoms. The predicted octanol–water partition coefficient (Wildman–Crippen LogP) is 1.62. The zero-order chi connectivity index (χ0) is 24.6. The van der Waals surface area contributed by atoms with E-state index < -0.39 is 20.5 Å². The summed E-state index contributed by atoms with van der Waals surface area (Å²) in [5, 5.41) is 18.0. The summed E-state index contributed by atoms with van der Waals surface area (Å²) in [5.74, 6) is -1.04. The van der Waals surface area contributed by atoms with Gasteiger partial charge in [0.05, 0.1) is 12.7 Å². The molecule has 1 heterocycles. The Hall–Kier alpha value is -2.79. The van der Waals surface area contributed by atoms with Gasteiger partial charge in [0, 0.05) is 32.2 Å². The number of carbonyl (C=O) groups excluding carboxylic acids is 1. The number of amides is 1. The topological polar surface area (TPSA) is 135 Å². The van der Waals surface area contributed by atoms with Crippen LogP contribution in [0.1, 0.15) is 25.3 Å². The van der Waals surface area contributed by atoms with Crippen LogP contribution in [0, 0.1) is 0 Å². The molecule has 0 aliphatic heterocycles. The fourth-order valence-corrected chi connectivity index (χ4v) is 4.02. The summed E-state index contributed by atoms with van der Waals surface area (Å²) >= 11 is 0. The van der Waals surface area contributed by atoms with Crippen LogP contribution in [0.25, 0.3) is 17.2 Å². The number of hydrogen-bond acceptors (Lipinski definition) is 7. The third kappa shape index (κ3) is 6.61. The van der Waals surface area contributed by atoms with Gasteiger partial charge in [-0.15, -0.1) is 0 Å². The van der Waals surface area contributed by atoms with Crippen LogP contribution in [0.4, 0.5) is 0 Å². The number of aryl methyl sites for hydroxylation is 1. The molecule has 1 amide bonds. The summed E-state index contributed by atoms with van der Waals surface area (Å²) in [4.78, 5) is 24.5. The van der Waals surface area contributed by atoms with Gasteiger partial charge in [0.25, 0.3) is 11.5 Å². The Morgan fingerprint density at radius 3 is 2.42 bits per heavy atom. The quantitative estimate of drug-likeness (QED) is 0.330. The monoisotopic (exact) mass is 478 g/mol. The van der Waals surface area contributed by atoms with Gasteiger partial charge in [0.1, 0.15) is 0 Å². The molecule has 3 N–H and O–H groups in total. The molecule has 0 radical (unpaired) electrons. The molecule has 0 saturated heterocycles. The number of nitrogens with zero attached hydrogens (tertiary/aromatic N) is 1. The summed E-state index contributed by atoms with van der Waals surface area (Å²) in [6, 6.07) is 10.8. The predicted molar refractivity (Wildman–Crippen MR) is 125 cm³/mol. The van der Waals surface area contributed by atoms with Gasteiger partial charge in [-0.2, -0.15) is 0 Å². The van der Waals surface area contributed by atoms with Gasteiger partial charge in [0.15, 0.2) is 14.6 Å². The Balaban J connectivity index is 2.13. The highest BCUT2D eigenvalue weighted by Crippen LogP contribution is 2.23. The molecule has 1 aromatic carbocycles. The number of aliphatic hydroxyl groups is 1. The first-order valence-electron chi connectivity index (χ1n) is 10.3. The van der Waals surface area contributed by atoms with Crippen molar-refractivity contribution < 1.29 is 28.3 Å². The SMILES string of the molecule is COC(CO)CC=Cc1ccc(-c2ccn(CCC(C)(C(=O)NO)S(C)(=O)=O)c(=O)c2)cc1. The molecule has 9 nitrogen and oxygen atoms in total. The first kappa shape index (κ1) is 26.5. The van der Waals surface area contributed by atoms with Gasteiger partial charge in [-0.3, -0.25) is 14.8 Å². The third-order valence-electron chi connectivity index (χ3n) is 5.72. The largest absolute Gasteiger partial charge is 0.394 e. The Labute approximate surface area is 193 Å². The molecule has 1 aromatic heterocycles. The van der Waals surface area contributed by atoms with Gasteiger partial charge in [-0.25, -0.2) is 13.9 Å². The number of nitrogens with one attached hydrogen (secondary N) is 1. The zero-order valence-corrected chi connectivity index (χ0v) is 19.7. The van der Waals surface area contributed by atoms with E-state index in [4.69, 9.17) is 15.1 Å². The third-order valence-corrected chi connectivity index (χ3v) is 7.74. The minimum Gasteiger partial charge on any atom is -0.394 e. The highest BCUT2D eigenvalue weighted by atomic mass is 32.2. The van der Waals surface area contributed by atoms with Crippen molar-refractivity contribution in [1.82, 2.24) is 10.0 Å². The second kappa shape index (κ2) is 11.4. The van der Waals surface area contributed by atoms with Crippen molar-refractivity contribution in [1.29, 1.82) is 0 Å². The molecule has 33 heavy (non-hydrogen) atoms. The Morgan fingerprint density at radius 2 is 1.91 bits per heavy atom. The van der Waals surface area contributed by atoms with Crippen molar-refractivity contribution in [3.8, 4) is 11.1 Å². The van der Waals surface area contributed by atoms with E-state index in [1.807, 2.05) is 36.4 Å². The van der Waals surface area contributed by atoms with Crippen LogP contribution >= 0.6 is 0 Å². The number of sulfone groups is 1. The normalized spacial score (nSPS) is 14.7. The van der Waals surface area contributed by atoms with E-state index in [1.54, 1.807) is 19.4 Å². The van der Waals surface area contributed by atoms with Crippen LogP contribution in [0.2, 0.25) is 0 Å². The average Bonchev–Trinajstić information content (AvgIpc) is 2.80. The number of rotatable bonds is 11. The van der Waals surface area contributed by atoms with Crippen LogP contribution in [0.15, 0.2) is 53.5 Å². The van der Waals surface area contributed by atoms with E-state index >= 15 is 0 Å². The van der Waals surface area contributed by atoms with Gasteiger partial charge in [-0.05, 0) is 42.5 Å². The lowest BCUT2D eigenvalue weighted by molar-refractivity contribution is -0.131. The smallest absolute Gasteiger partial charge is 0.264 e. The van der Waals surface area contributed by atoms with Crippen LogP contribution in [-0.4, -0.2) is 60.0 Å². The molecule has 180 valence electrons. The number of methoxy groups -OCH3 is 1. The molecular formula is C23H30N2O7S. The van der Waals surface area contributed by atoms with Crippen molar-refractivity contribution in [2.75, 3.05) is 20.0 Å². The van der Waals surface area contributed by atoms with E-state index in [0.29, 0.717) is 12.0 Å². The van der Waals surface area contributed by atoms with E-state index in [-0.39, 0.29) is 31.2 Å². The highest BCUT2D eigenvalue weighted by Gasteiger charge is 2.43. The van der Waals surface area contributed by atoms with E-state index in [1.165, 1.54) is 23.0 Å². The van der Waals surface area contributed by atoms with Crippen LogP contribution in [-0.2, 0) is 25.9 Å². The molecular weight excluding hydrogens is 448 g/mol. The Kier molecular flexibility index (Phi) is 9.12. The number of benzene rings is 1. The lowest BCUT2D eigenvalue weighted by atomic mass is 10.0. The zero-order valence-electron chi connectivity index (χ0n) is 18.9. The number of carbonyl (C=O) groups is 1. The molecule has 2 unspecified atom stereocenters. The fraction of sp³-hybridized carbons (Fsp3) is 0.391. The number of pyridine rings is 1. The van der Waals surface area contributed by atoms with Crippen LogP contribution in [0.5, 0.6) is 0 Å². The summed E-state index contributed by atoms with van der Waals surface area (Å²) in [5.41, 5.74) is 3.55. The molecule has 0 saturated carbocycles. The van der Waals surface area contributed by atoms with E-state index in [2.05, 4.69) is 0 Å². The first-order valence-corrected chi connectivity index (χ1v) is 12.2. The summed E-state index contributed by atoms with van der Waals surface area (Å²) in [6.07, 6.45) is 6.47. The molecule has 0 spiro atoms. The highest BCUT2D eigenvalue weighted by molar-refractivity contribution is 7.92. The Bertz CT molecular complexity index is 1140. The number of aliphatic hydroxyl groups excluding tert-OH is 1. The second-order valence-electron chi connectivity index (χ2n) is 7.94. The van der Waals surface area contributed by atoms with E-state index in [0.717, 1.165) is 17.4 Å². The van der Waals surface area contributed by atoms with Crippen LogP contribution < -0.4 is 11.0 Å². The molecule has 0 aliphatic carbocycles. The second-order valence-corrected chi connectivity index (χ2v) is 10.4. The van der Waals surface area contributed by atoms with Crippen LogP contribution in [0.3, 0.4) is 0 Å². The number of aromatic nitrogens is 1. The molecule has 0 aliphatic rings. The summed E-state index contributed by atoms with van der Waals surface area (Å²) < 4.78 is 28.7. The molecule has 2 atom stereocenters. The van der Waals surface area contributed by atoms with Crippen molar-refractivity contribution >= 4 is 21.8 Å². The van der Waals surface area contributed by atoms with Gasteiger partial charge < -0.3 is 14.4 Å². The van der Waals surface area contributed by atoms with Gasteiger partial charge in [-0.1, -0.05) is 36.4 Å². The minimum absolute atomic E-state index is 0.0177. The summed E-state index contributed by atoms with van der Waals surface area (Å²) in [7, 11) is -2.29. The number of hydrogen-bond donors (Lipinski definition) is 3.